The summed E-state index contributed by atoms with van der Waals surface area (Å²) >= 11 is 6.53. The monoisotopic (exact) mass is 260 g/mol. The minimum absolute atomic E-state index is 0.182. The summed E-state index contributed by atoms with van der Waals surface area (Å²) in [5, 5.41) is 0. The van der Waals surface area contributed by atoms with Crippen molar-refractivity contribution < 1.29 is 21.1 Å². The highest BCUT2D eigenvalue weighted by Crippen LogP contribution is 2.14. The second-order valence-electron chi connectivity index (χ2n) is 3.76. The number of ether oxygens (including phenoxy) is 2. The van der Waals surface area contributed by atoms with Gasteiger partial charge in [0.1, 0.15) is 17.4 Å². The van der Waals surface area contributed by atoms with E-state index in [9.17, 15) is 0 Å². The van der Waals surface area contributed by atoms with Crippen LogP contribution in [0.4, 0.5) is 0 Å². The van der Waals surface area contributed by atoms with Crippen LogP contribution in [-0.2, 0) is 9.47 Å². The first-order valence-electron chi connectivity index (χ1n) is 5.73. The van der Waals surface area contributed by atoms with E-state index in [4.69, 9.17) is 21.1 Å². The lowest BCUT2D eigenvalue weighted by molar-refractivity contribution is -0.275. The fourth-order valence-electron chi connectivity index (χ4n) is 0.944. The lowest BCUT2D eigenvalue weighted by Gasteiger charge is -2.19. The molecular weight excluding hydrogens is 239 g/mol. The molecule has 2 atom stereocenters. The van der Waals surface area contributed by atoms with E-state index in [1.54, 1.807) is 27.9 Å². The van der Waals surface area contributed by atoms with Crippen molar-refractivity contribution in [3.05, 3.63) is 22.0 Å². The number of hydrogen-bond acceptors (Lipinski definition) is 2. The molecular formula is C12H22AlClO2+. The predicted molar refractivity (Wildman–Crippen MR) is 66.4 cm³/mol. The molecule has 0 saturated heterocycles. The molecule has 0 heterocycles. The summed E-state index contributed by atoms with van der Waals surface area (Å²) in [7, 11) is 0. The Labute approximate surface area is 112 Å². The van der Waals surface area contributed by atoms with Crippen LogP contribution in [0.3, 0.4) is 0 Å². The topological polar surface area (TPSA) is 18.5 Å². The van der Waals surface area contributed by atoms with E-state index in [2.05, 4.69) is 13.8 Å². The van der Waals surface area contributed by atoms with Gasteiger partial charge in [0, 0.05) is 10.7 Å². The second kappa shape index (κ2) is 8.99. The smallest absolute Gasteiger partial charge is 0.291 e. The molecule has 16 heavy (non-hydrogen) atoms. The van der Waals surface area contributed by atoms with E-state index in [-0.39, 0.29) is 12.2 Å². The van der Waals surface area contributed by atoms with Gasteiger partial charge in [-0.15, -0.1) is 0 Å². The van der Waals surface area contributed by atoms with Crippen LogP contribution in [0.25, 0.3) is 0 Å². The lowest BCUT2D eigenvalue weighted by Crippen LogP contribution is -2.12. The SMILES string of the molecule is CCC(C)O[C]([AlH])=C(C=C[ClH+])OC(C)CC. The van der Waals surface area contributed by atoms with E-state index < -0.39 is 0 Å². The summed E-state index contributed by atoms with van der Waals surface area (Å²) < 4.78 is 12.3. The lowest BCUT2D eigenvalue weighted by atomic mass is 10.3. The summed E-state index contributed by atoms with van der Waals surface area (Å²) in [5.41, 5.74) is 1.56. The van der Waals surface area contributed by atoms with Gasteiger partial charge in [0.05, 0.1) is 12.2 Å². The van der Waals surface area contributed by atoms with Crippen LogP contribution in [-0.4, -0.2) is 28.5 Å². The van der Waals surface area contributed by atoms with Gasteiger partial charge >= 0.3 is 0 Å². The summed E-state index contributed by atoms with van der Waals surface area (Å²) in [6.45, 7) is 8.27. The standard InChI is InChI=1S/C12H21ClO2.Al.H/c1-5-10(3)14-9-12(7-8-13)15-11(4)6-2;;/h7-8,10-11,13H,5-6H2,1-4H3;;/q+1;;. The number of rotatable bonds is 7. The van der Waals surface area contributed by atoms with Crippen molar-refractivity contribution in [3.8, 4) is 0 Å². The molecule has 91 valence electrons. The third kappa shape index (κ3) is 6.48. The molecule has 0 aromatic carbocycles. The van der Waals surface area contributed by atoms with Gasteiger partial charge in [-0.1, -0.05) is 13.8 Å². The Morgan fingerprint density at radius 3 is 2.12 bits per heavy atom. The van der Waals surface area contributed by atoms with Crippen molar-refractivity contribution in [1.82, 2.24) is 0 Å². The van der Waals surface area contributed by atoms with Gasteiger partial charge in [-0.25, -0.2) is 0 Å². The highest BCUT2D eigenvalue weighted by atomic mass is 35.5. The molecule has 0 fully saturated rings. The third-order valence-corrected chi connectivity index (χ3v) is 2.97. The molecule has 0 aliphatic heterocycles. The highest BCUT2D eigenvalue weighted by molar-refractivity contribution is 6.20. The van der Waals surface area contributed by atoms with Gasteiger partial charge in [-0.05, 0) is 26.7 Å². The molecule has 0 bridgehead atoms. The highest BCUT2D eigenvalue weighted by Gasteiger charge is 2.08. The zero-order valence-corrected chi connectivity index (χ0v) is 12.9. The van der Waals surface area contributed by atoms with Crippen LogP contribution in [0.15, 0.2) is 22.0 Å². The van der Waals surface area contributed by atoms with Crippen molar-refractivity contribution in [3.63, 3.8) is 0 Å². The van der Waals surface area contributed by atoms with E-state index >= 15 is 0 Å². The average molecular weight is 261 g/mol. The molecule has 0 aromatic rings. The van der Waals surface area contributed by atoms with Crippen molar-refractivity contribution in [2.45, 2.75) is 52.7 Å². The molecule has 2 unspecified atom stereocenters. The molecule has 0 saturated carbocycles. The maximum atomic E-state index is 5.76. The van der Waals surface area contributed by atoms with E-state index in [1.165, 1.54) is 0 Å². The molecule has 0 aliphatic rings. The van der Waals surface area contributed by atoms with Gasteiger partial charge in [-0.3, -0.25) is 0 Å². The average Bonchev–Trinajstić information content (AvgIpc) is 2.27. The Morgan fingerprint density at radius 2 is 1.69 bits per heavy atom. The fourth-order valence-corrected chi connectivity index (χ4v) is 1.55. The van der Waals surface area contributed by atoms with Crippen LogP contribution in [0.1, 0.15) is 40.5 Å². The summed E-state index contributed by atoms with van der Waals surface area (Å²) in [4.78, 5) is 0. The molecule has 0 amide bonds. The van der Waals surface area contributed by atoms with Crippen molar-refractivity contribution in [2.75, 3.05) is 0 Å². The maximum Gasteiger partial charge on any atom is 0.291 e. The quantitative estimate of drug-likeness (QED) is 0.398. The minimum atomic E-state index is 0.182. The van der Waals surface area contributed by atoms with Crippen molar-refractivity contribution >= 4 is 16.3 Å². The molecule has 0 aromatic heterocycles. The Balaban J connectivity index is 4.64. The molecule has 4 heteroatoms. The summed E-state index contributed by atoms with van der Waals surface area (Å²) in [6, 6.07) is 0. The molecule has 0 N–H and O–H groups in total. The van der Waals surface area contributed by atoms with Gasteiger partial charge in [0.15, 0.2) is 5.54 Å². The zero-order chi connectivity index (χ0) is 12.6. The molecule has 0 spiro atoms. The minimum Gasteiger partial charge on any atom is -0.512 e. The first-order chi connectivity index (χ1) is 7.54. The van der Waals surface area contributed by atoms with Crippen LogP contribution < -0.4 is 0 Å². The Kier molecular flexibility index (Phi) is 8.93. The third-order valence-electron chi connectivity index (χ3n) is 2.32. The zero-order valence-electron chi connectivity index (χ0n) is 10.7. The number of hydrogen-bond donors (Lipinski definition) is 0. The van der Waals surface area contributed by atoms with Gasteiger partial charge in [0.25, 0.3) is 16.3 Å². The Morgan fingerprint density at radius 1 is 1.19 bits per heavy atom. The molecule has 2 nitrogen and oxygen atoms in total. The summed E-state index contributed by atoms with van der Waals surface area (Å²) in [5.74, 6) is 0.753. The van der Waals surface area contributed by atoms with Crippen molar-refractivity contribution in [1.29, 1.82) is 0 Å². The second-order valence-corrected chi connectivity index (χ2v) is 4.68. The molecule has 0 aliphatic carbocycles. The predicted octanol–water partition coefficient (Wildman–Crippen LogP) is 2.48. The van der Waals surface area contributed by atoms with E-state index in [0.717, 1.165) is 23.2 Å². The van der Waals surface area contributed by atoms with Crippen LogP contribution in [0, 0.1) is 11.6 Å². The largest absolute Gasteiger partial charge is 0.512 e. The first kappa shape index (κ1) is 15.9. The summed E-state index contributed by atoms with van der Waals surface area (Å²) in [6.07, 6.45) is 4.12. The van der Waals surface area contributed by atoms with Crippen LogP contribution >= 0.6 is 0 Å². The van der Waals surface area contributed by atoms with Crippen LogP contribution in [0.5, 0.6) is 0 Å². The van der Waals surface area contributed by atoms with Gasteiger partial charge in [0.2, 0.25) is 0 Å². The van der Waals surface area contributed by atoms with E-state index in [1.807, 2.05) is 13.8 Å². The normalized spacial score (nSPS) is 16.8. The Hall–Kier alpha value is -0.0975. The first-order valence-corrected chi connectivity index (χ1v) is 6.90. The molecule has 0 rings (SSSR count). The van der Waals surface area contributed by atoms with E-state index in [0.29, 0.717) is 0 Å². The number of halogens is 1. The van der Waals surface area contributed by atoms with Crippen molar-refractivity contribution in [2.24, 2.45) is 0 Å². The number of allylic oxidation sites excluding steroid dienone is 1. The van der Waals surface area contributed by atoms with Gasteiger partial charge in [-0.2, -0.15) is 0 Å². The fraction of sp³-hybridized carbons (Fsp3) is 0.667. The van der Waals surface area contributed by atoms with Gasteiger partial charge < -0.3 is 9.47 Å². The maximum absolute atomic E-state index is 5.76. The van der Waals surface area contributed by atoms with Crippen LogP contribution in [0.2, 0.25) is 0 Å². The Bertz CT molecular complexity index is 251. The molecule has 1 radical (unpaired) electrons.